The molecule has 0 unspecified atom stereocenters. The number of methoxy groups -OCH3 is 1. The largest absolute Gasteiger partial charge is 0.490 e. The Hall–Kier alpha value is -2.15. The fourth-order valence-corrected chi connectivity index (χ4v) is 2.04. The highest BCUT2D eigenvalue weighted by Gasteiger charge is 2.16. The maximum Gasteiger partial charge on any atom is 0.314 e. The molecule has 0 aliphatic rings. The standard InChI is InChI=1S/C14H11BrFNO4/c1-20-14-5-4-11(7-13(14)17(18)19)21-8-9-2-3-10(15)6-12(9)16/h2-7H,8H2,1H3. The molecule has 7 heteroatoms. The Balaban J connectivity index is 2.16. The van der Waals surface area contributed by atoms with Crippen molar-refractivity contribution in [2.24, 2.45) is 0 Å². The molecule has 0 N–H and O–H groups in total. The molecule has 0 saturated heterocycles. The molecule has 0 radical (unpaired) electrons. The van der Waals surface area contributed by atoms with Gasteiger partial charge in [0, 0.05) is 10.0 Å². The van der Waals surface area contributed by atoms with Crippen molar-refractivity contribution in [2.75, 3.05) is 7.11 Å². The molecule has 0 aromatic heterocycles. The van der Waals surface area contributed by atoms with E-state index in [1.54, 1.807) is 12.1 Å². The van der Waals surface area contributed by atoms with Gasteiger partial charge in [0.15, 0.2) is 5.75 Å². The van der Waals surface area contributed by atoms with E-state index in [1.165, 1.54) is 31.4 Å². The average molecular weight is 356 g/mol. The van der Waals surface area contributed by atoms with Crippen molar-refractivity contribution < 1.29 is 18.8 Å². The molecule has 2 aromatic carbocycles. The number of ether oxygens (including phenoxy) is 2. The third-order valence-electron chi connectivity index (χ3n) is 2.76. The second kappa shape index (κ2) is 6.53. The third-order valence-corrected chi connectivity index (χ3v) is 3.25. The van der Waals surface area contributed by atoms with Gasteiger partial charge in [0.1, 0.15) is 18.2 Å². The minimum Gasteiger partial charge on any atom is -0.490 e. The molecular weight excluding hydrogens is 345 g/mol. The van der Waals surface area contributed by atoms with Gasteiger partial charge in [-0.15, -0.1) is 0 Å². The minimum atomic E-state index is -0.564. The van der Waals surface area contributed by atoms with Crippen molar-refractivity contribution in [1.82, 2.24) is 0 Å². The maximum atomic E-state index is 13.6. The lowest BCUT2D eigenvalue weighted by molar-refractivity contribution is -0.385. The Labute approximate surface area is 128 Å². The summed E-state index contributed by atoms with van der Waals surface area (Å²) in [6.07, 6.45) is 0. The molecule has 110 valence electrons. The molecule has 0 amide bonds. The van der Waals surface area contributed by atoms with Crippen LogP contribution in [0.1, 0.15) is 5.56 Å². The van der Waals surface area contributed by atoms with Gasteiger partial charge in [0.2, 0.25) is 0 Å². The van der Waals surface area contributed by atoms with Crippen molar-refractivity contribution in [1.29, 1.82) is 0 Å². The second-order valence-corrected chi connectivity index (χ2v) is 5.03. The van der Waals surface area contributed by atoms with Gasteiger partial charge >= 0.3 is 5.69 Å². The molecule has 0 atom stereocenters. The molecule has 2 rings (SSSR count). The summed E-state index contributed by atoms with van der Waals surface area (Å²) in [5.41, 5.74) is 0.156. The van der Waals surface area contributed by atoms with Crippen LogP contribution in [-0.2, 0) is 6.61 Å². The first kappa shape index (κ1) is 15.2. The van der Waals surface area contributed by atoms with E-state index in [9.17, 15) is 14.5 Å². The minimum absolute atomic E-state index is 0.0252. The lowest BCUT2D eigenvalue weighted by Gasteiger charge is -2.08. The van der Waals surface area contributed by atoms with E-state index < -0.39 is 10.7 Å². The molecule has 0 aliphatic carbocycles. The zero-order valence-electron chi connectivity index (χ0n) is 11.0. The van der Waals surface area contributed by atoms with Gasteiger partial charge in [0.05, 0.1) is 18.1 Å². The zero-order valence-corrected chi connectivity index (χ0v) is 12.6. The summed E-state index contributed by atoms with van der Waals surface area (Å²) >= 11 is 3.16. The molecule has 0 heterocycles. The first-order valence-electron chi connectivity index (χ1n) is 5.90. The maximum absolute atomic E-state index is 13.6. The average Bonchev–Trinajstić information content (AvgIpc) is 2.46. The predicted molar refractivity (Wildman–Crippen MR) is 78.1 cm³/mol. The monoisotopic (exact) mass is 355 g/mol. The van der Waals surface area contributed by atoms with Gasteiger partial charge < -0.3 is 9.47 Å². The predicted octanol–water partition coefficient (Wildman–Crippen LogP) is 4.08. The normalized spacial score (nSPS) is 10.2. The molecule has 21 heavy (non-hydrogen) atoms. The highest BCUT2D eigenvalue weighted by molar-refractivity contribution is 9.10. The lowest BCUT2D eigenvalue weighted by Crippen LogP contribution is -2.00. The molecule has 0 fully saturated rings. The van der Waals surface area contributed by atoms with Gasteiger partial charge in [-0.25, -0.2) is 4.39 Å². The van der Waals surface area contributed by atoms with Gasteiger partial charge in [-0.3, -0.25) is 10.1 Å². The van der Waals surface area contributed by atoms with Crippen LogP contribution in [0, 0.1) is 15.9 Å². The fraction of sp³-hybridized carbons (Fsp3) is 0.143. The van der Waals surface area contributed by atoms with Crippen molar-refractivity contribution in [3.05, 3.63) is 62.4 Å². The first-order valence-corrected chi connectivity index (χ1v) is 6.69. The summed E-state index contributed by atoms with van der Waals surface area (Å²) in [6.45, 7) is -0.0252. The third kappa shape index (κ3) is 3.69. The molecule has 0 aliphatic heterocycles. The van der Waals surface area contributed by atoms with E-state index in [2.05, 4.69) is 15.9 Å². The number of nitro groups is 1. The Morgan fingerprint density at radius 1 is 1.29 bits per heavy atom. The highest BCUT2D eigenvalue weighted by atomic mass is 79.9. The van der Waals surface area contributed by atoms with Crippen LogP contribution in [-0.4, -0.2) is 12.0 Å². The Bertz CT molecular complexity index is 678. The number of nitro benzene ring substituents is 1. The van der Waals surface area contributed by atoms with Crippen LogP contribution >= 0.6 is 15.9 Å². The summed E-state index contributed by atoms with van der Waals surface area (Å²) < 4.78 is 24.6. The topological polar surface area (TPSA) is 61.6 Å². The molecule has 0 spiro atoms. The summed E-state index contributed by atoms with van der Waals surface area (Å²) in [6, 6.07) is 8.81. The van der Waals surface area contributed by atoms with E-state index in [1.807, 2.05) is 0 Å². The Morgan fingerprint density at radius 3 is 2.67 bits per heavy atom. The summed E-state index contributed by atoms with van der Waals surface area (Å²) in [5, 5.41) is 10.9. The highest BCUT2D eigenvalue weighted by Crippen LogP contribution is 2.31. The number of hydrogen-bond acceptors (Lipinski definition) is 4. The summed E-state index contributed by atoms with van der Waals surface area (Å²) in [7, 11) is 1.35. The fourth-order valence-electron chi connectivity index (χ4n) is 1.70. The molecule has 5 nitrogen and oxygen atoms in total. The first-order chi connectivity index (χ1) is 10.0. The van der Waals surface area contributed by atoms with Gasteiger partial charge in [-0.05, 0) is 24.3 Å². The van der Waals surface area contributed by atoms with Crippen LogP contribution in [0.2, 0.25) is 0 Å². The second-order valence-electron chi connectivity index (χ2n) is 4.12. The van der Waals surface area contributed by atoms with Gasteiger partial charge in [-0.1, -0.05) is 22.0 Å². The van der Waals surface area contributed by atoms with Crippen LogP contribution in [0.3, 0.4) is 0 Å². The van der Waals surface area contributed by atoms with Gasteiger partial charge in [0.25, 0.3) is 0 Å². The van der Waals surface area contributed by atoms with Crippen LogP contribution in [0.4, 0.5) is 10.1 Å². The van der Waals surface area contributed by atoms with E-state index in [4.69, 9.17) is 9.47 Å². The van der Waals surface area contributed by atoms with Crippen molar-refractivity contribution >= 4 is 21.6 Å². The molecule has 0 bridgehead atoms. The van der Waals surface area contributed by atoms with E-state index >= 15 is 0 Å². The summed E-state index contributed by atoms with van der Waals surface area (Å²) in [4.78, 5) is 10.3. The molecular formula is C14H11BrFNO4. The van der Waals surface area contributed by atoms with E-state index in [0.717, 1.165) is 0 Å². The number of rotatable bonds is 5. The Kier molecular flexibility index (Phi) is 4.74. The number of nitrogens with zero attached hydrogens (tertiary/aromatic N) is 1. The van der Waals surface area contributed by atoms with E-state index in [-0.39, 0.29) is 23.8 Å². The Morgan fingerprint density at radius 2 is 2.05 bits per heavy atom. The SMILES string of the molecule is COc1ccc(OCc2ccc(Br)cc2F)cc1[N+](=O)[O-]. The quantitative estimate of drug-likeness (QED) is 0.598. The van der Waals surface area contributed by atoms with Crippen LogP contribution in [0.15, 0.2) is 40.9 Å². The number of hydrogen-bond donors (Lipinski definition) is 0. The smallest absolute Gasteiger partial charge is 0.314 e. The van der Waals surface area contributed by atoms with Crippen LogP contribution < -0.4 is 9.47 Å². The molecule has 0 saturated carbocycles. The van der Waals surface area contributed by atoms with Crippen molar-refractivity contribution in [2.45, 2.75) is 6.61 Å². The van der Waals surface area contributed by atoms with Crippen LogP contribution in [0.25, 0.3) is 0 Å². The van der Waals surface area contributed by atoms with Crippen molar-refractivity contribution in [3.63, 3.8) is 0 Å². The van der Waals surface area contributed by atoms with Gasteiger partial charge in [-0.2, -0.15) is 0 Å². The lowest BCUT2D eigenvalue weighted by atomic mass is 10.2. The molecule has 2 aromatic rings. The summed E-state index contributed by atoms with van der Waals surface area (Å²) in [5.74, 6) is -0.000576. The number of benzene rings is 2. The number of halogens is 2. The van der Waals surface area contributed by atoms with Crippen molar-refractivity contribution in [3.8, 4) is 11.5 Å². The van der Waals surface area contributed by atoms with E-state index in [0.29, 0.717) is 10.0 Å². The zero-order chi connectivity index (χ0) is 15.4. The van der Waals surface area contributed by atoms with Crippen LogP contribution in [0.5, 0.6) is 11.5 Å².